The molecule has 3 aromatic heterocycles. The Morgan fingerprint density at radius 3 is 2.76 bits per heavy atom. The number of aromatic hydroxyl groups is 1. The molecule has 124 valence electrons. The zero-order valence-electron chi connectivity index (χ0n) is 13.0. The molecule has 0 saturated carbocycles. The maximum absolute atomic E-state index is 14.1. The van der Waals surface area contributed by atoms with Crippen molar-refractivity contribution in [2.24, 2.45) is 0 Å². The lowest BCUT2D eigenvalue weighted by Gasteiger charge is -2.06. The van der Waals surface area contributed by atoms with Gasteiger partial charge in [0.2, 0.25) is 0 Å². The fraction of sp³-hybridized carbons (Fsp3) is 0.0526. The molecule has 0 saturated heterocycles. The van der Waals surface area contributed by atoms with Gasteiger partial charge in [-0.1, -0.05) is 6.07 Å². The van der Waals surface area contributed by atoms with Crippen molar-refractivity contribution in [2.75, 3.05) is 0 Å². The molecule has 4 aromatic rings. The van der Waals surface area contributed by atoms with Crippen LogP contribution in [0.25, 0.3) is 22.3 Å². The fourth-order valence-corrected chi connectivity index (χ4v) is 2.82. The van der Waals surface area contributed by atoms with Gasteiger partial charge in [-0.15, -0.1) is 0 Å². The molecule has 4 rings (SSSR count). The number of phenolic OH excluding ortho intramolecular Hbond substituents is 1. The van der Waals surface area contributed by atoms with Crippen molar-refractivity contribution in [2.45, 2.75) is 6.42 Å². The SMILES string of the molecule is Oc1ccc(F)c(Cc2c[nH]c3ncc(-c4ccccn4)cc23)c1F. The Labute approximate surface area is 141 Å². The van der Waals surface area contributed by atoms with E-state index in [1.807, 2.05) is 24.3 Å². The number of nitrogens with one attached hydrogen (secondary N) is 1. The average Bonchev–Trinajstić information content (AvgIpc) is 3.05. The Hall–Kier alpha value is -3.28. The molecule has 0 aliphatic rings. The molecular weight excluding hydrogens is 324 g/mol. The van der Waals surface area contributed by atoms with Crippen LogP contribution in [0.3, 0.4) is 0 Å². The van der Waals surface area contributed by atoms with Crippen LogP contribution in [0.15, 0.2) is 55.0 Å². The first-order chi connectivity index (χ1) is 12.1. The van der Waals surface area contributed by atoms with E-state index in [0.29, 0.717) is 11.2 Å². The minimum Gasteiger partial charge on any atom is -0.505 e. The van der Waals surface area contributed by atoms with E-state index in [9.17, 15) is 13.9 Å². The van der Waals surface area contributed by atoms with E-state index < -0.39 is 17.4 Å². The Morgan fingerprint density at radius 2 is 1.96 bits per heavy atom. The molecule has 1 aromatic carbocycles. The third-order valence-corrected chi connectivity index (χ3v) is 4.11. The molecule has 0 spiro atoms. The normalized spacial score (nSPS) is 11.1. The summed E-state index contributed by atoms with van der Waals surface area (Å²) in [6.07, 6.45) is 5.05. The standard InChI is InChI=1S/C19H13F2N3O/c20-15-4-5-17(25)18(21)14(15)7-11-9-23-19-13(11)8-12(10-24-19)16-3-1-2-6-22-16/h1-6,8-10,25H,7H2,(H,23,24). The Balaban J connectivity index is 1.80. The number of benzene rings is 1. The van der Waals surface area contributed by atoms with Crippen molar-refractivity contribution in [1.82, 2.24) is 15.0 Å². The Morgan fingerprint density at radius 1 is 1.08 bits per heavy atom. The molecule has 0 fully saturated rings. The number of rotatable bonds is 3. The van der Waals surface area contributed by atoms with Crippen molar-refractivity contribution in [3.05, 3.63) is 77.8 Å². The summed E-state index contributed by atoms with van der Waals surface area (Å²) in [7, 11) is 0. The Kier molecular flexibility index (Phi) is 3.65. The second kappa shape index (κ2) is 5.98. The number of pyridine rings is 2. The quantitative estimate of drug-likeness (QED) is 0.589. The van der Waals surface area contributed by atoms with Gasteiger partial charge in [0.15, 0.2) is 11.6 Å². The van der Waals surface area contributed by atoms with E-state index in [0.717, 1.165) is 28.8 Å². The second-order valence-electron chi connectivity index (χ2n) is 5.68. The van der Waals surface area contributed by atoms with Crippen LogP contribution >= 0.6 is 0 Å². The van der Waals surface area contributed by atoms with Crippen molar-refractivity contribution < 1.29 is 13.9 Å². The third-order valence-electron chi connectivity index (χ3n) is 4.11. The van der Waals surface area contributed by atoms with Gasteiger partial charge in [-0.3, -0.25) is 4.98 Å². The smallest absolute Gasteiger partial charge is 0.171 e. The fourth-order valence-electron chi connectivity index (χ4n) is 2.82. The zero-order valence-corrected chi connectivity index (χ0v) is 13.0. The van der Waals surface area contributed by atoms with Crippen LogP contribution in [0.1, 0.15) is 11.1 Å². The monoisotopic (exact) mass is 337 g/mol. The summed E-state index contributed by atoms with van der Waals surface area (Å²) < 4.78 is 28.1. The first kappa shape index (κ1) is 15.3. The molecule has 6 heteroatoms. The maximum atomic E-state index is 14.1. The molecular formula is C19H13F2N3O. The number of hydrogen-bond acceptors (Lipinski definition) is 3. The van der Waals surface area contributed by atoms with Crippen molar-refractivity contribution in [3.63, 3.8) is 0 Å². The van der Waals surface area contributed by atoms with Gasteiger partial charge >= 0.3 is 0 Å². The van der Waals surface area contributed by atoms with E-state index in [2.05, 4.69) is 15.0 Å². The number of phenols is 1. The van der Waals surface area contributed by atoms with Crippen molar-refractivity contribution in [3.8, 4) is 17.0 Å². The maximum Gasteiger partial charge on any atom is 0.171 e. The topological polar surface area (TPSA) is 61.8 Å². The predicted molar refractivity (Wildman–Crippen MR) is 90.2 cm³/mol. The van der Waals surface area contributed by atoms with E-state index in [1.165, 1.54) is 0 Å². The zero-order chi connectivity index (χ0) is 17.4. The van der Waals surface area contributed by atoms with Gasteiger partial charge in [0, 0.05) is 41.5 Å². The van der Waals surface area contributed by atoms with Gasteiger partial charge in [-0.05, 0) is 35.9 Å². The highest BCUT2D eigenvalue weighted by Crippen LogP contribution is 2.28. The van der Waals surface area contributed by atoms with E-state index in [1.54, 1.807) is 18.6 Å². The molecule has 3 heterocycles. The summed E-state index contributed by atoms with van der Waals surface area (Å²) in [5.74, 6) is -2.20. The van der Waals surface area contributed by atoms with Crippen LogP contribution in [0.5, 0.6) is 5.75 Å². The number of aromatic amines is 1. The molecule has 0 bridgehead atoms. The van der Waals surface area contributed by atoms with Crippen LogP contribution in [0.4, 0.5) is 8.78 Å². The van der Waals surface area contributed by atoms with Crippen LogP contribution in [0.2, 0.25) is 0 Å². The van der Waals surface area contributed by atoms with Gasteiger partial charge in [-0.2, -0.15) is 0 Å². The molecule has 0 radical (unpaired) electrons. The number of hydrogen-bond donors (Lipinski definition) is 2. The third kappa shape index (κ3) is 2.71. The van der Waals surface area contributed by atoms with Gasteiger partial charge in [-0.25, -0.2) is 13.8 Å². The number of H-pyrrole nitrogens is 1. The minimum absolute atomic E-state index is 0.000577. The van der Waals surface area contributed by atoms with E-state index in [-0.39, 0.29) is 12.0 Å². The lowest BCUT2D eigenvalue weighted by Crippen LogP contribution is -1.97. The summed E-state index contributed by atoms with van der Waals surface area (Å²) in [6.45, 7) is 0. The van der Waals surface area contributed by atoms with Crippen LogP contribution in [0, 0.1) is 11.6 Å². The molecule has 0 atom stereocenters. The number of aromatic nitrogens is 3. The predicted octanol–water partition coefficient (Wildman–Crippen LogP) is 4.20. The summed E-state index contributed by atoms with van der Waals surface area (Å²) in [4.78, 5) is 11.6. The number of nitrogens with zero attached hydrogens (tertiary/aromatic N) is 2. The molecule has 0 aliphatic carbocycles. The summed E-state index contributed by atoms with van der Waals surface area (Å²) in [5, 5.41) is 10.2. The van der Waals surface area contributed by atoms with Gasteiger partial charge in [0.05, 0.1) is 5.69 Å². The molecule has 0 unspecified atom stereocenters. The van der Waals surface area contributed by atoms with Crippen LogP contribution in [-0.4, -0.2) is 20.1 Å². The molecule has 0 amide bonds. The van der Waals surface area contributed by atoms with Crippen molar-refractivity contribution >= 4 is 11.0 Å². The van der Waals surface area contributed by atoms with Crippen LogP contribution in [-0.2, 0) is 6.42 Å². The summed E-state index contributed by atoms with van der Waals surface area (Å²) in [6, 6.07) is 9.51. The van der Waals surface area contributed by atoms with Crippen LogP contribution < -0.4 is 0 Å². The lowest BCUT2D eigenvalue weighted by molar-refractivity contribution is 0.423. The first-order valence-electron chi connectivity index (χ1n) is 7.67. The van der Waals surface area contributed by atoms with Crippen molar-refractivity contribution in [1.29, 1.82) is 0 Å². The molecule has 0 aliphatic heterocycles. The molecule has 2 N–H and O–H groups in total. The number of fused-ring (bicyclic) bond motifs is 1. The average molecular weight is 337 g/mol. The summed E-state index contributed by atoms with van der Waals surface area (Å²) >= 11 is 0. The molecule has 4 nitrogen and oxygen atoms in total. The largest absolute Gasteiger partial charge is 0.505 e. The highest BCUT2D eigenvalue weighted by Gasteiger charge is 2.16. The first-order valence-corrected chi connectivity index (χ1v) is 7.67. The second-order valence-corrected chi connectivity index (χ2v) is 5.68. The molecule has 25 heavy (non-hydrogen) atoms. The van der Waals surface area contributed by atoms with E-state index >= 15 is 0 Å². The highest BCUT2D eigenvalue weighted by atomic mass is 19.1. The van der Waals surface area contributed by atoms with Gasteiger partial charge in [0.1, 0.15) is 11.5 Å². The summed E-state index contributed by atoms with van der Waals surface area (Å²) in [5.41, 5.74) is 2.70. The van der Waals surface area contributed by atoms with Gasteiger partial charge < -0.3 is 10.1 Å². The highest BCUT2D eigenvalue weighted by molar-refractivity contribution is 5.84. The van der Waals surface area contributed by atoms with E-state index in [4.69, 9.17) is 0 Å². The van der Waals surface area contributed by atoms with Gasteiger partial charge in [0.25, 0.3) is 0 Å². The number of halogens is 2. The Bertz CT molecular complexity index is 1060. The minimum atomic E-state index is -0.941. The lowest BCUT2D eigenvalue weighted by atomic mass is 10.0.